The molecule has 0 radical (unpaired) electrons. The maximum atomic E-state index is 11.8. The molecular formula is C22H33NaO4. The van der Waals surface area contributed by atoms with Gasteiger partial charge in [-0.3, -0.25) is 0 Å². The predicted octanol–water partition coefficient (Wildman–Crippen LogP) is 1.91. The number of carbonyl (C=O) groups excluding carboxylic acids is 2. The number of carboxylic acids is 1. The second-order valence-corrected chi connectivity index (χ2v) is 6.89. The van der Waals surface area contributed by atoms with E-state index in [1.807, 2.05) is 0 Å². The summed E-state index contributed by atoms with van der Waals surface area (Å²) in [6.45, 7) is 2.66. The Morgan fingerprint density at radius 1 is 0.741 bits per heavy atom. The third-order valence-electron chi connectivity index (χ3n) is 4.59. The molecule has 1 aromatic carbocycles. The standard InChI is InChI=1S/C22H34O4.Na/c1-2-3-4-5-6-7-8-9-10-11-12-13-18-26-22(25)20-16-14-19(15-17-20)21(23)24;/h14-17H,2-13,18H2,1H3,(H,23,24);/q;+1/p-1. The summed E-state index contributed by atoms with van der Waals surface area (Å²) in [4.78, 5) is 22.5. The third kappa shape index (κ3) is 13.0. The summed E-state index contributed by atoms with van der Waals surface area (Å²) in [5.41, 5.74) is 0.427. The van der Waals surface area contributed by atoms with Gasteiger partial charge in [-0.15, -0.1) is 0 Å². The fourth-order valence-corrected chi connectivity index (χ4v) is 2.93. The average molecular weight is 384 g/mol. The maximum absolute atomic E-state index is 11.8. The molecule has 0 aromatic heterocycles. The predicted molar refractivity (Wildman–Crippen MR) is 102 cm³/mol. The molecule has 0 saturated heterocycles. The SMILES string of the molecule is CCCCCCCCCCCCCCOC(=O)c1ccc(C(=O)[O-])cc1.[Na+]. The number of hydrogen-bond acceptors (Lipinski definition) is 4. The Labute approximate surface area is 186 Å². The molecule has 0 unspecified atom stereocenters. The molecule has 5 heteroatoms. The summed E-state index contributed by atoms with van der Waals surface area (Å²) in [6.07, 6.45) is 15.2. The van der Waals surface area contributed by atoms with Crippen LogP contribution in [0.5, 0.6) is 0 Å². The fourth-order valence-electron chi connectivity index (χ4n) is 2.93. The van der Waals surface area contributed by atoms with Crippen LogP contribution in [0.3, 0.4) is 0 Å². The molecule has 0 N–H and O–H groups in total. The molecular weight excluding hydrogens is 351 g/mol. The summed E-state index contributed by atoms with van der Waals surface area (Å²) in [5.74, 6) is -1.65. The molecule has 0 bridgehead atoms. The van der Waals surface area contributed by atoms with Gasteiger partial charge in [0.1, 0.15) is 0 Å². The minimum atomic E-state index is -1.25. The number of hydrogen-bond donors (Lipinski definition) is 0. The van der Waals surface area contributed by atoms with Gasteiger partial charge >= 0.3 is 35.5 Å². The Hall–Kier alpha value is -0.840. The van der Waals surface area contributed by atoms with E-state index < -0.39 is 11.9 Å². The number of aromatic carboxylic acids is 1. The Balaban J connectivity index is 0.00000676. The van der Waals surface area contributed by atoms with E-state index in [0.29, 0.717) is 12.2 Å². The van der Waals surface area contributed by atoms with E-state index in [1.54, 1.807) is 0 Å². The molecule has 1 aromatic rings. The second kappa shape index (κ2) is 17.3. The van der Waals surface area contributed by atoms with Crippen molar-refractivity contribution < 1.29 is 49.0 Å². The van der Waals surface area contributed by atoms with Crippen molar-refractivity contribution in [2.24, 2.45) is 0 Å². The summed E-state index contributed by atoms with van der Waals surface area (Å²) in [5, 5.41) is 10.7. The normalized spacial score (nSPS) is 10.3. The quantitative estimate of drug-likeness (QED) is 0.263. The van der Waals surface area contributed by atoms with Gasteiger partial charge in [0.05, 0.1) is 18.1 Å². The van der Waals surface area contributed by atoms with Gasteiger partial charge in [0.15, 0.2) is 0 Å². The van der Waals surface area contributed by atoms with E-state index in [2.05, 4.69) is 6.92 Å². The first-order chi connectivity index (χ1) is 12.6. The summed E-state index contributed by atoms with van der Waals surface area (Å²) < 4.78 is 5.22. The van der Waals surface area contributed by atoms with Crippen molar-refractivity contribution in [3.63, 3.8) is 0 Å². The zero-order valence-corrected chi connectivity index (χ0v) is 19.1. The molecule has 0 amide bonds. The Morgan fingerprint density at radius 2 is 1.15 bits per heavy atom. The van der Waals surface area contributed by atoms with Gasteiger partial charge in [-0.1, -0.05) is 89.7 Å². The first kappa shape index (κ1) is 26.2. The molecule has 0 fully saturated rings. The van der Waals surface area contributed by atoms with Crippen LogP contribution >= 0.6 is 0 Å². The smallest absolute Gasteiger partial charge is 0.545 e. The van der Waals surface area contributed by atoms with Crippen LogP contribution in [0.25, 0.3) is 0 Å². The van der Waals surface area contributed by atoms with Crippen molar-refractivity contribution >= 4 is 11.9 Å². The first-order valence-electron chi connectivity index (χ1n) is 10.1. The van der Waals surface area contributed by atoms with Crippen LogP contribution < -0.4 is 34.7 Å². The van der Waals surface area contributed by atoms with Gasteiger partial charge in [-0.25, -0.2) is 4.79 Å². The van der Waals surface area contributed by atoms with Crippen LogP contribution in [0.2, 0.25) is 0 Å². The number of unbranched alkanes of at least 4 members (excludes halogenated alkanes) is 11. The monoisotopic (exact) mass is 384 g/mol. The summed E-state index contributed by atoms with van der Waals surface area (Å²) in [6, 6.07) is 5.62. The largest absolute Gasteiger partial charge is 1.00 e. The van der Waals surface area contributed by atoms with Gasteiger partial charge in [-0.05, 0) is 24.1 Å². The van der Waals surface area contributed by atoms with Gasteiger partial charge in [0, 0.05) is 0 Å². The molecule has 0 spiro atoms. The zero-order valence-electron chi connectivity index (χ0n) is 17.1. The van der Waals surface area contributed by atoms with Gasteiger partial charge in [-0.2, -0.15) is 0 Å². The minimum absolute atomic E-state index is 0. The average Bonchev–Trinajstić information content (AvgIpc) is 2.65. The van der Waals surface area contributed by atoms with E-state index in [4.69, 9.17) is 4.74 Å². The molecule has 0 heterocycles. The van der Waals surface area contributed by atoms with E-state index >= 15 is 0 Å². The number of rotatable bonds is 15. The molecule has 0 aliphatic rings. The summed E-state index contributed by atoms with van der Waals surface area (Å²) >= 11 is 0. The van der Waals surface area contributed by atoms with Crippen LogP contribution in [0, 0.1) is 0 Å². The van der Waals surface area contributed by atoms with E-state index in [-0.39, 0.29) is 35.1 Å². The van der Waals surface area contributed by atoms with Crippen LogP contribution in [0.1, 0.15) is 105 Å². The zero-order chi connectivity index (χ0) is 19.0. The van der Waals surface area contributed by atoms with E-state index in [9.17, 15) is 14.7 Å². The molecule has 27 heavy (non-hydrogen) atoms. The minimum Gasteiger partial charge on any atom is -0.545 e. The fraction of sp³-hybridized carbons (Fsp3) is 0.636. The molecule has 0 aliphatic heterocycles. The Morgan fingerprint density at radius 3 is 1.59 bits per heavy atom. The van der Waals surface area contributed by atoms with Gasteiger partial charge in [0.25, 0.3) is 0 Å². The van der Waals surface area contributed by atoms with Crippen LogP contribution in [0.15, 0.2) is 24.3 Å². The molecule has 146 valence electrons. The number of esters is 1. The van der Waals surface area contributed by atoms with Crippen LogP contribution in [0.4, 0.5) is 0 Å². The third-order valence-corrected chi connectivity index (χ3v) is 4.59. The molecule has 0 aliphatic carbocycles. The van der Waals surface area contributed by atoms with Crippen molar-refractivity contribution in [2.75, 3.05) is 6.61 Å². The molecule has 4 nitrogen and oxygen atoms in total. The number of carbonyl (C=O) groups is 2. The van der Waals surface area contributed by atoms with Crippen molar-refractivity contribution in [1.29, 1.82) is 0 Å². The second-order valence-electron chi connectivity index (χ2n) is 6.89. The van der Waals surface area contributed by atoms with Crippen molar-refractivity contribution in [2.45, 2.75) is 84.0 Å². The summed E-state index contributed by atoms with van der Waals surface area (Å²) in [7, 11) is 0. The Kier molecular flexibility index (Phi) is 16.7. The van der Waals surface area contributed by atoms with Gasteiger partial charge in [0.2, 0.25) is 0 Å². The molecule has 1 rings (SSSR count). The van der Waals surface area contributed by atoms with Crippen LogP contribution in [-0.4, -0.2) is 18.5 Å². The molecule has 0 saturated carbocycles. The molecule has 0 atom stereocenters. The number of carboxylic acid groups (broad SMARTS) is 1. The van der Waals surface area contributed by atoms with Crippen molar-refractivity contribution in [3.05, 3.63) is 35.4 Å². The van der Waals surface area contributed by atoms with E-state index in [1.165, 1.54) is 88.5 Å². The first-order valence-corrected chi connectivity index (χ1v) is 10.1. The maximum Gasteiger partial charge on any atom is 1.00 e. The number of benzene rings is 1. The number of ether oxygens (including phenoxy) is 1. The van der Waals surface area contributed by atoms with Crippen molar-refractivity contribution in [1.82, 2.24) is 0 Å². The van der Waals surface area contributed by atoms with Gasteiger partial charge < -0.3 is 14.6 Å². The Bertz CT molecular complexity index is 514. The van der Waals surface area contributed by atoms with Crippen molar-refractivity contribution in [3.8, 4) is 0 Å². The van der Waals surface area contributed by atoms with E-state index in [0.717, 1.165) is 12.8 Å². The van der Waals surface area contributed by atoms with Crippen LogP contribution in [-0.2, 0) is 4.74 Å². The topological polar surface area (TPSA) is 66.4 Å².